The lowest BCUT2D eigenvalue weighted by molar-refractivity contribution is -0.870. The van der Waals surface area contributed by atoms with Gasteiger partial charge in [0.05, 0.1) is 33.8 Å². The average Bonchev–Trinajstić information content (AvgIpc) is 3.44. The van der Waals surface area contributed by atoms with Crippen LogP contribution in [0.15, 0.2) is 97.2 Å². The smallest absolute Gasteiger partial charge is 0.306 e. The SMILES string of the molecule is CC/C=C\C/C=C\C/C=C\C/C=C\C/C=C\C/C=C\CCCCC(=O)NC(COP(=O)([O-])OCC[N+](C)(C)C)C(/C=C/CCCCCCCCCCCC)OC(=O)CCCCCCCCCCCCCCC/C=C/CCCCCCCC. The summed E-state index contributed by atoms with van der Waals surface area (Å²) in [6.07, 6.45) is 82.5. The van der Waals surface area contributed by atoms with Crippen molar-refractivity contribution in [1.82, 2.24) is 5.32 Å². The van der Waals surface area contributed by atoms with E-state index >= 15 is 0 Å². The standard InChI is InChI=1S/C72H129N2O7P/c1-7-10-13-16-19-22-25-28-30-32-34-36-37-39-41-43-45-47-50-53-56-59-62-65-72(76)81-70(63-60-57-54-51-48-27-24-21-18-15-12-9-3)69(68-80-82(77,78)79-67-66-74(4,5)6)73-71(75)64-61-58-55-52-49-46-44-42-40-38-35-33-31-29-26-23-20-17-14-11-8-2/h11,14,20,23,28-31,35,38,42,44,49,52,60,63,69-70H,7-10,12-13,15-19,21-22,24-27,32-34,36-37,39-41,43,45-48,50-51,53-59,61-62,64-68H2,1-6H3,(H-,73,75,77,78)/b14-11-,23-20-,30-28+,31-29-,38-35-,44-42-,52-49-,63-60+. The van der Waals surface area contributed by atoms with Gasteiger partial charge in [-0.15, -0.1) is 0 Å². The first-order chi connectivity index (χ1) is 39.9. The predicted molar refractivity (Wildman–Crippen MR) is 353 cm³/mol. The number of unbranched alkanes of at least 4 members (excludes halogenated alkanes) is 31. The molecule has 0 heterocycles. The van der Waals surface area contributed by atoms with Crippen molar-refractivity contribution < 1.29 is 37.3 Å². The van der Waals surface area contributed by atoms with E-state index in [2.05, 4.69) is 111 Å². The number of nitrogens with zero attached hydrogens (tertiary/aromatic N) is 1. The topological polar surface area (TPSA) is 114 Å². The number of hydrogen-bond acceptors (Lipinski definition) is 7. The molecule has 3 unspecified atom stereocenters. The number of likely N-dealkylation sites (N-methyl/N-ethyl adjacent to an activating group) is 1. The van der Waals surface area contributed by atoms with Gasteiger partial charge in [0, 0.05) is 12.8 Å². The number of phosphoric ester groups is 1. The molecule has 0 spiro atoms. The average molecular weight is 1170 g/mol. The molecule has 0 saturated heterocycles. The Kier molecular flexibility index (Phi) is 58.7. The largest absolute Gasteiger partial charge is 0.756 e. The second-order valence-electron chi connectivity index (χ2n) is 23.9. The van der Waals surface area contributed by atoms with Crippen molar-refractivity contribution in [2.24, 2.45) is 0 Å². The van der Waals surface area contributed by atoms with E-state index in [1.54, 1.807) is 0 Å². The predicted octanol–water partition coefficient (Wildman–Crippen LogP) is 20.9. The molecule has 0 aromatic rings. The molecule has 9 nitrogen and oxygen atoms in total. The van der Waals surface area contributed by atoms with Crippen molar-refractivity contribution in [3.8, 4) is 0 Å². The zero-order chi connectivity index (χ0) is 60.0. The summed E-state index contributed by atoms with van der Waals surface area (Å²) in [4.78, 5) is 40.1. The molecule has 0 aromatic heterocycles. The molecule has 0 aliphatic heterocycles. The van der Waals surface area contributed by atoms with E-state index < -0.39 is 26.6 Å². The number of carbonyl (C=O) groups is 2. The number of rotatable bonds is 61. The third-order valence-electron chi connectivity index (χ3n) is 14.7. The lowest BCUT2D eigenvalue weighted by Gasteiger charge is -2.30. The third-order valence-corrected chi connectivity index (χ3v) is 15.7. The monoisotopic (exact) mass is 1160 g/mol. The summed E-state index contributed by atoms with van der Waals surface area (Å²) in [6.45, 7) is 6.71. The summed E-state index contributed by atoms with van der Waals surface area (Å²) >= 11 is 0. The highest BCUT2D eigenvalue weighted by atomic mass is 31.2. The summed E-state index contributed by atoms with van der Waals surface area (Å²) in [5.74, 6) is -0.589. The Morgan fingerprint density at radius 3 is 1.20 bits per heavy atom. The van der Waals surface area contributed by atoms with E-state index in [0.717, 1.165) is 89.9 Å². The van der Waals surface area contributed by atoms with Gasteiger partial charge in [0.2, 0.25) is 5.91 Å². The van der Waals surface area contributed by atoms with Gasteiger partial charge in [-0.3, -0.25) is 14.2 Å². The Labute approximate surface area is 507 Å². The fourth-order valence-corrected chi connectivity index (χ4v) is 10.2. The summed E-state index contributed by atoms with van der Waals surface area (Å²) in [5.41, 5.74) is 0. The molecule has 10 heteroatoms. The van der Waals surface area contributed by atoms with E-state index in [0.29, 0.717) is 17.4 Å². The highest BCUT2D eigenvalue weighted by Gasteiger charge is 2.27. The number of allylic oxidation sites excluding steroid dienone is 15. The molecule has 0 aromatic carbocycles. The molecule has 0 saturated carbocycles. The van der Waals surface area contributed by atoms with E-state index in [4.69, 9.17) is 13.8 Å². The van der Waals surface area contributed by atoms with Crippen LogP contribution in [0.4, 0.5) is 0 Å². The Morgan fingerprint density at radius 1 is 0.439 bits per heavy atom. The van der Waals surface area contributed by atoms with E-state index in [1.165, 1.54) is 167 Å². The van der Waals surface area contributed by atoms with Gasteiger partial charge in [-0.05, 0) is 109 Å². The van der Waals surface area contributed by atoms with Crippen LogP contribution in [0.2, 0.25) is 0 Å². The van der Waals surface area contributed by atoms with Crippen LogP contribution in [0.1, 0.15) is 297 Å². The van der Waals surface area contributed by atoms with E-state index in [-0.39, 0.29) is 31.3 Å². The van der Waals surface area contributed by atoms with Crippen LogP contribution < -0.4 is 10.2 Å². The number of amides is 1. The van der Waals surface area contributed by atoms with Gasteiger partial charge in [-0.2, -0.15) is 0 Å². The summed E-state index contributed by atoms with van der Waals surface area (Å²) in [7, 11) is 1.15. The minimum absolute atomic E-state index is 0.0345. The minimum Gasteiger partial charge on any atom is -0.756 e. The van der Waals surface area contributed by atoms with Gasteiger partial charge < -0.3 is 28.5 Å². The van der Waals surface area contributed by atoms with Crippen LogP contribution in [-0.4, -0.2) is 69.4 Å². The first kappa shape index (κ1) is 78.9. The van der Waals surface area contributed by atoms with E-state index in [9.17, 15) is 19.0 Å². The zero-order valence-corrected chi connectivity index (χ0v) is 55.1. The molecule has 0 radical (unpaired) electrons. The highest BCUT2D eigenvalue weighted by Crippen LogP contribution is 2.38. The molecule has 1 amide bonds. The number of ether oxygens (including phenoxy) is 1. The van der Waals surface area contributed by atoms with Crippen LogP contribution in [0.5, 0.6) is 0 Å². The Balaban J connectivity index is 5.20. The molecule has 0 aliphatic carbocycles. The van der Waals surface area contributed by atoms with Crippen molar-refractivity contribution in [3.05, 3.63) is 97.2 Å². The van der Waals surface area contributed by atoms with Crippen molar-refractivity contribution in [2.75, 3.05) is 40.9 Å². The van der Waals surface area contributed by atoms with Crippen LogP contribution in [0.3, 0.4) is 0 Å². The third kappa shape index (κ3) is 61.5. The Morgan fingerprint density at radius 2 is 0.780 bits per heavy atom. The van der Waals surface area contributed by atoms with Crippen LogP contribution in [-0.2, 0) is 27.9 Å². The molecule has 82 heavy (non-hydrogen) atoms. The minimum atomic E-state index is -4.72. The Bertz CT molecular complexity index is 1720. The number of quaternary nitrogens is 1. The number of esters is 1. The zero-order valence-electron chi connectivity index (χ0n) is 54.2. The molecule has 0 bridgehead atoms. The summed E-state index contributed by atoms with van der Waals surface area (Å²) in [5, 5.41) is 3.01. The molecule has 1 N–H and O–H groups in total. The summed E-state index contributed by atoms with van der Waals surface area (Å²) in [6, 6.07) is -0.917. The molecular formula is C72H129N2O7P. The maximum Gasteiger partial charge on any atom is 0.306 e. The molecular weight excluding hydrogens is 1040 g/mol. The number of nitrogens with one attached hydrogen (secondary N) is 1. The van der Waals surface area contributed by atoms with Crippen LogP contribution in [0, 0.1) is 0 Å². The number of hydrogen-bond donors (Lipinski definition) is 1. The first-order valence-electron chi connectivity index (χ1n) is 34.0. The van der Waals surface area contributed by atoms with Gasteiger partial charge in [0.25, 0.3) is 7.82 Å². The van der Waals surface area contributed by atoms with Gasteiger partial charge in [0.1, 0.15) is 19.3 Å². The van der Waals surface area contributed by atoms with Gasteiger partial charge in [0.15, 0.2) is 0 Å². The van der Waals surface area contributed by atoms with Crippen LogP contribution >= 0.6 is 7.82 Å². The second-order valence-corrected chi connectivity index (χ2v) is 25.4. The molecule has 0 fully saturated rings. The molecule has 0 aliphatic rings. The van der Waals surface area contributed by atoms with Crippen molar-refractivity contribution in [1.29, 1.82) is 0 Å². The van der Waals surface area contributed by atoms with Gasteiger partial charge in [-0.25, -0.2) is 0 Å². The quantitative estimate of drug-likeness (QED) is 0.0212. The number of phosphoric acid groups is 1. The molecule has 0 rings (SSSR count). The van der Waals surface area contributed by atoms with Crippen molar-refractivity contribution >= 4 is 19.7 Å². The summed E-state index contributed by atoms with van der Waals surface area (Å²) < 4.78 is 30.4. The van der Waals surface area contributed by atoms with Gasteiger partial charge >= 0.3 is 5.97 Å². The second kappa shape index (κ2) is 61.0. The van der Waals surface area contributed by atoms with Crippen molar-refractivity contribution in [3.63, 3.8) is 0 Å². The Hall–Kier alpha value is -3.07. The molecule has 474 valence electrons. The molecule has 3 atom stereocenters. The number of carbonyl (C=O) groups excluding carboxylic acids is 2. The van der Waals surface area contributed by atoms with Crippen molar-refractivity contribution in [2.45, 2.75) is 309 Å². The van der Waals surface area contributed by atoms with E-state index in [1.807, 2.05) is 33.3 Å². The maximum atomic E-state index is 13.6. The lowest BCUT2D eigenvalue weighted by atomic mass is 10.0. The normalized spacial score (nSPS) is 14.2. The highest BCUT2D eigenvalue weighted by molar-refractivity contribution is 7.45. The fraction of sp³-hybridized carbons (Fsp3) is 0.750. The lowest BCUT2D eigenvalue weighted by Crippen LogP contribution is -2.47. The maximum absolute atomic E-state index is 13.6. The van der Waals surface area contributed by atoms with Gasteiger partial charge in [-0.1, -0.05) is 272 Å². The fourth-order valence-electron chi connectivity index (χ4n) is 9.52. The first-order valence-corrected chi connectivity index (χ1v) is 35.5. The van der Waals surface area contributed by atoms with Crippen LogP contribution in [0.25, 0.3) is 0 Å².